The number of hydrogen-bond acceptors (Lipinski definition) is 3. The molecule has 0 aromatic carbocycles. The Morgan fingerprint density at radius 3 is 2.53 bits per heavy atom. The van der Waals surface area contributed by atoms with E-state index in [0.717, 1.165) is 6.07 Å². The highest BCUT2D eigenvalue weighted by Gasteiger charge is 2.34. The molecular weight excluding hydrogens is 361 g/mol. The van der Waals surface area contributed by atoms with Gasteiger partial charge in [-0.1, -0.05) is 0 Å². The molecule has 9 heteroatoms. The van der Waals surface area contributed by atoms with E-state index in [4.69, 9.17) is 5.11 Å². The highest BCUT2D eigenvalue weighted by molar-refractivity contribution is 14.1. The maximum Gasteiger partial charge on any atom is 0.573 e. The lowest BCUT2D eigenvalue weighted by Gasteiger charge is -2.13. The Morgan fingerprint density at radius 1 is 1.53 bits per heavy atom. The molecule has 0 atom stereocenters. The first-order valence-corrected chi connectivity index (χ1v) is 5.07. The Balaban J connectivity index is 3.35. The van der Waals surface area contributed by atoms with Crippen LogP contribution in [0, 0.1) is 3.70 Å². The average Bonchev–Trinajstić information content (AvgIpc) is 2.12. The summed E-state index contributed by atoms with van der Waals surface area (Å²) in [6.45, 7) is -1.30. The van der Waals surface area contributed by atoms with Crippen molar-refractivity contribution in [1.82, 2.24) is 4.98 Å². The number of hydrogen-bond donors (Lipinski definition) is 1. The quantitative estimate of drug-likeness (QED) is 0.509. The summed E-state index contributed by atoms with van der Waals surface area (Å²) >= 11 is 1.53. The molecule has 1 heterocycles. The van der Waals surface area contributed by atoms with Crippen molar-refractivity contribution < 1.29 is 32.2 Å². The first kappa shape index (κ1) is 13.9. The number of carboxylic acid groups (broad SMARTS) is 1. The molecule has 0 aliphatic rings. The van der Waals surface area contributed by atoms with Gasteiger partial charge in [0.15, 0.2) is 0 Å². The Kier molecular flexibility index (Phi) is 4.11. The smallest absolute Gasteiger partial charge is 0.477 e. The van der Waals surface area contributed by atoms with Gasteiger partial charge in [-0.2, -0.15) is 0 Å². The molecule has 0 aliphatic carbocycles. The fourth-order valence-electron chi connectivity index (χ4n) is 1.07. The van der Waals surface area contributed by atoms with Crippen molar-refractivity contribution in [3.05, 3.63) is 21.0 Å². The third kappa shape index (κ3) is 3.68. The summed E-state index contributed by atoms with van der Waals surface area (Å²) in [5, 5.41) is 8.71. The number of pyridine rings is 1. The molecule has 0 radical (unpaired) electrons. The van der Waals surface area contributed by atoms with Gasteiger partial charge in [-0.3, -0.25) is 0 Å². The number of carbonyl (C=O) groups is 1. The molecule has 94 valence electrons. The minimum atomic E-state index is -5.05. The number of carboxylic acids is 1. The largest absolute Gasteiger partial charge is 0.573 e. The van der Waals surface area contributed by atoms with E-state index in [1.54, 1.807) is 0 Å². The van der Waals surface area contributed by atoms with Crippen molar-refractivity contribution in [3.8, 4) is 5.75 Å². The Morgan fingerprint density at radius 2 is 2.12 bits per heavy atom. The number of nitrogens with zero attached hydrogens (tertiary/aromatic N) is 1. The molecule has 0 bridgehead atoms. The van der Waals surface area contributed by atoms with Crippen molar-refractivity contribution in [2.24, 2.45) is 0 Å². The highest BCUT2D eigenvalue weighted by Crippen LogP contribution is 2.29. The topological polar surface area (TPSA) is 59.4 Å². The maximum absolute atomic E-state index is 12.5. The van der Waals surface area contributed by atoms with Crippen molar-refractivity contribution in [3.63, 3.8) is 0 Å². The van der Waals surface area contributed by atoms with Crippen LogP contribution in [0.4, 0.5) is 17.6 Å². The van der Waals surface area contributed by atoms with E-state index in [-0.39, 0.29) is 3.70 Å². The standard InChI is InChI=1S/C8H4F4INO3/c9-2-3-6(7(15)16)4(1-5(13)14-3)17-8(10,11)12/h1H,2H2,(H,15,16). The third-order valence-corrected chi connectivity index (χ3v) is 2.15. The van der Waals surface area contributed by atoms with E-state index in [2.05, 4.69) is 9.72 Å². The van der Waals surface area contributed by atoms with Gasteiger partial charge in [-0.25, -0.2) is 14.2 Å². The fourth-order valence-corrected chi connectivity index (χ4v) is 1.64. The second-order valence-corrected chi connectivity index (χ2v) is 3.86. The molecule has 17 heavy (non-hydrogen) atoms. The zero-order valence-corrected chi connectivity index (χ0v) is 10.0. The van der Waals surface area contributed by atoms with Crippen LogP contribution in [0.5, 0.6) is 5.75 Å². The number of ether oxygens (including phenoxy) is 1. The molecule has 1 aromatic heterocycles. The van der Waals surface area contributed by atoms with Crippen LogP contribution in [0.15, 0.2) is 6.07 Å². The maximum atomic E-state index is 12.5. The Labute approximate surface area is 106 Å². The molecule has 0 amide bonds. The minimum Gasteiger partial charge on any atom is -0.477 e. The van der Waals surface area contributed by atoms with Gasteiger partial charge in [-0.05, 0) is 22.6 Å². The number of halogens is 5. The van der Waals surface area contributed by atoms with Gasteiger partial charge < -0.3 is 9.84 Å². The lowest BCUT2D eigenvalue weighted by Crippen LogP contribution is -2.20. The van der Waals surface area contributed by atoms with Gasteiger partial charge in [0.2, 0.25) is 0 Å². The van der Waals surface area contributed by atoms with Gasteiger partial charge >= 0.3 is 12.3 Å². The SMILES string of the molecule is O=C(O)c1c(OC(F)(F)F)cc(I)nc1CF. The van der Waals surface area contributed by atoms with E-state index in [1.165, 1.54) is 22.6 Å². The van der Waals surface area contributed by atoms with Gasteiger partial charge in [0.05, 0.1) is 5.69 Å². The zero-order valence-electron chi connectivity index (χ0n) is 7.89. The number of alkyl halides is 4. The third-order valence-electron chi connectivity index (χ3n) is 1.59. The Bertz CT molecular complexity index is 449. The monoisotopic (exact) mass is 365 g/mol. The summed E-state index contributed by atoms with van der Waals surface area (Å²) in [6, 6.07) is 0.774. The molecule has 0 saturated heterocycles. The predicted octanol–water partition coefficient (Wildman–Crippen LogP) is 2.75. The van der Waals surface area contributed by atoms with Crippen LogP contribution in [-0.2, 0) is 6.67 Å². The van der Waals surface area contributed by atoms with Crippen molar-refractivity contribution >= 4 is 28.6 Å². The van der Waals surface area contributed by atoms with E-state index < -0.39 is 36.0 Å². The molecule has 0 unspecified atom stereocenters. The average molecular weight is 365 g/mol. The number of rotatable bonds is 3. The second-order valence-electron chi connectivity index (χ2n) is 2.75. The predicted molar refractivity (Wildman–Crippen MR) is 55.4 cm³/mol. The molecule has 1 N–H and O–H groups in total. The molecule has 0 saturated carbocycles. The van der Waals surface area contributed by atoms with Crippen molar-refractivity contribution in [2.75, 3.05) is 0 Å². The van der Waals surface area contributed by atoms with Crippen LogP contribution in [0.3, 0.4) is 0 Å². The summed E-state index contributed by atoms with van der Waals surface area (Å²) in [4.78, 5) is 14.2. The summed E-state index contributed by atoms with van der Waals surface area (Å²) in [5.41, 5.74) is -1.53. The minimum absolute atomic E-state index is 0.000463. The number of aromatic nitrogens is 1. The van der Waals surface area contributed by atoms with Crippen LogP contribution < -0.4 is 4.74 Å². The molecule has 0 fully saturated rings. The summed E-state index contributed by atoms with van der Waals surface area (Å²) in [5.74, 6) is -2.71. The Hall–Kier alpha value is -1.13. The molecule has 0 spiro atoms. The van der Waals surface area contributed by atoms with Crippen LogP contribution in [0.25, 0.3) is 0 Å². The lowest BCUT2D eigenvalue weighted by molar-refractivity contribution is -0.274. The van der Waals surface area contributed by atoms with Crippen molar-refractivity contribution in [1.29, 1.82) is 0 Å². The van der Waals surface area contributed by atoms with E-state index in [0.29, 0.717) is 0 Å². The van der Waals surface area contributed by atoms with Gasteiger partial charge in [-0.15, -0.1) is 13.2 Å². The normalized spacial score (nSPS) is 11.4. The first-order chi connectivity index (χ1) is 7.74. The molecule has 1 rings (SSSR count). The summed E-state index contributed by atoms with van der Waals surface area (Å²) < 4.78 is 52.1. The van der Waals surface area contributed by atoms with Gasteiger partial charge in [0.25, 0.3) is 0 Å². The van der Waals surface area contributed by atoms with Gasteiger partial charge in [0.1, 0.15) is 21.7 Å². The van der Waals surface area contributed by atoms with Crippen LogP contribution in [0.2, 0.25) is 0 Å². The van der Waals surface area contributed by atoms with E-state index in [9.17, 15) is 22.4 Å². The molecule has 4 nitrogen and oxygen atoms in total. The zero-order chi connectivity index (χ0) is 13.2. The number of aromatic carboxylic acids is 1. The molecule has 0 aliphatic heterocycles. The van der Waals surface area contributed by atoms with Crippen LogP contribution >= 0.6 is 22.6 Å². The summed E-state index contributed by atoms with van der Waals surface area (Å²) in [6.07, 6.45) is -5.05. The van der Waals surface area contributed by atoms with Crippen LogP contribution in [0.1, 0.15) is 16.1 Å². The second kappa shape index (κ2) is 5.02. The van der Waals surface area contributed by atoms with E-state index in [1.807, 2.05) is 0 Å². The summed E-state index contributed by atoms with van der Waals surface area (Å²) in [7, 11) is 0. The lowest BCUT2D eigenvalue weighted by atomic mass is 10.2. The fraction of sp³-hybridized carbons (Fsp3) is 0.250. The van der Waals surface area contributed by atoms with Crippen LogP contribution in [-0.4, -0.2) is 22.4 Å². The highest BCUT2D eigenvalue weighted by atomic mass is 127. The first-order valence-electron chi connectivity index (χ1n) is 3.99. The van der Waals surface area contributed by atoms with Crippen molar-refractivity contribution in [2.45, 2.75) is 13.0 Å². The molecular formula is C8H4F4INO3. The molecule has 1 aromatic rings. The van der Waals surface area contributed by atoms with E-state index >= 15 is 0 Å². The van der Waals surface area contributed by atoms with Gasteiger partial charge in [0, 0.05) is 6.07 Å².